The van der Waals surface area contributed by atoms with Crippen molar-refractivity contribution in [1.82, 2.24) is 4.98 Å². The number of nitriles is 2. The van der Waals surface area contributed by atoms with Crippen molar-refractivity contribution >= 4 is 28.8 Å². The van der Waals surface area contributed by atoms with Crippen LogP contribution in [0.3, 0.4) is 0 Å². The minimum absolute atomic E-state index is 0.529. The molecule has 5 heteroatoms. The Bertz CT molecular complexity index is 2290. The molecule has 0 saturated heterocycles. The number of aromatic nitrogens is 1. The zero-order valence-corrected chi connectivity index (χ0v) is 26.8. The molecule has 0 N–H and O–H groups in total. The summed E-state index contributed by atoms with van der Waals surface area (Å²) in [6.07, 6.45) is 0. The average molecular weight is 630 g/mol. The fourth-order valence-corrected chi connectivity index (χ4v) is 12.0. The fraction of sp³-hybridized carbons (Fsp3) is 0. The molecular weight excluding hydrogens is 603 g/mol. The van der Waals surface area contributed by atoms with Gasteiger partial charge in [0.25, 0.3) is 0 Å². The highest BCUT2D eigenvalue weighted by molar-refractivity contribution is 7.20. The predicted octanol–water partition coefficient (Wildman–Crippen LogP) is 7.31. The monoisotopic (exact) mass is 629 g/mol. The van der Waals surface area contributed by atoms with E-state index in [9.17, 15) is 10.5 Å². The molecule has 0 aliphatic carbocycles. The molecule has 48 heavy (non-hydrogen) atoms. The van der Waals surface area contributed by atoms with Gasteiger partial charge in [0.05, 0.1) is 34.7 Å². The normalized spacial score (nSPS) is 12.5. The van der Waals surface area contributed by atoms with Crippen molar-refractivity contribution in [3.8, 4) is 57.3 Å². The minimum Gasteiger partial charge on any atom is -0.457 e. The highest BCUT2D eigenvalue weighted by atomic mass is 28.3. The van der Waals surface area contributed by atoms with Gasteiger partial charge in [0.1, 0.15) is 11.5 Å². The molecule has 1 aliphatic rings. The summed E-state index contributed by atoms with van der Waals surface area (Å²) in [6.45, 7) is 0. The Labute approximate surface area is 280 Å². The molecule has 224 valence electrons. The van der Waals surface area contributed by atoms with Gasteiger partial charge in [-0.25, -0.2) is 4.98 Å². The summed E-state index contributed by atoms with van der Waals surface area (Å²) in [5.74, 6) is 1.65. The molecule has 0 saturated carbocycles. The molecule has 1 aliphatic heterocycles. The quantitative estimate of drug-likeness (QED) is 0.187. The van der Waals surface area contributed by atoms with Crippen molar-refractivity contribution in [2.24, 2.45) is 0 Å². The fourth-order valence-electron chi connectivity index (χ4n) is 7.03. The Kier molecular flexibility index (Phi) is 7.23. The molecule has 8 rings (SSSR count). The molecule has 7 aromatic rings. The molecule has 6 aromatic carbocycles. The average Bonchev–Trinajstić information content (AvgIpc) is 3.17. The summed E-state index contributed by atoms with van der Waals surface area (Å²) in [6, 6.07) is 60.2. The van der Waals surface area contributed by atoms with Crippen LogP contribution in [0.2, 0.25) is 0 Å². The molecule has 0 fully saturated rings. The second kappa shape index (κ2) is 12.0. The maximum Gasteiger partial charge on any atom is 0.188 e. The van der Waals surface area contributed by atoms with Crippen molar-refractivity contribution in [3.63, 3.8) is 0 Å². The summed E-state index contributed by atoms with van der Waals surface area (Å²) >= 11 is 0. The summed E-state index contributed by atoms with van der Waals surface area (Å²) < 4.78 is 6.95. The smallest absolute Gasteiger partial charge is 0.188 e. The summed E-state index contributed by atoms with van der Waals surface area (Å²) in [4.78, 5) is 5.05. The van der Waals surface area contributed by atoms with E-state index in [2.05, 4.69) is 109 Å². The van der Waals surface area contributed by atoms with E-state index in [1.807, 2.05) is 54.6 Å². The van der Waals surface area contributed by atoms with Gasteiger partial charge in [0.2, 0.25) is 0 Å². The highest BCUT2D eigenvalue weighted by Gasteiger charge is 2.48. The van der Waals surface area contributed by atoms with Crippen molar-refractivity contribution in [2.45, 2.75) is 0 Å². The van der Waals surface area contributed by atoms with Gasteiger partial charge >= 0.3 is 0 Å². The van der Waals surface area contributed by atoms with E-state index in [1.165, 1.54) is 15.6 Å². The van der Waals surface area contributed by atoms with Crippen LogP contribution in [-0.2, 0) is 0 Å². The van der Waals surface area contributed by atoms with Crippen LogP contribution in [0.1, 0.15) is 11.1 Å². The van der Waals surface area contributed by atoms with Crippen molar-refractivity contribution in [3.05, 3.63) is 175 Å². The topological polar surface area (TPSA) is 69.7 Å². The van der Waals surface area contributed by atoms with Gasteiger partial charge in [-0.15, -0.1) is 0 Å². The van der Waals surface area contributed by atoms with Crippen LogP contribution in [0.25, 0.3) is 33.6 Å². The van der Waals surface area contributed by atoms with Gasteiger partial charge in [-0.1, -0.05) is 133 Å². The third-order valence-corrected chi connectivity index (χ3v) is 13.9. The van der Waals surface area contributed by atoms with E-state index in [-0.39, 0.29) is 0 Å². The SMILES string of the molecule is N#Cc1ccccc1-c1cc(-c2cccc3c2Oc2ccccc2[Si]3(c2ccccc2)c2ccccc2)cc(-c2ccccc2C#N)n1. The van der Waals surface area contributed by atoms with Crippen LogP contribution in [0.5, 0.6) is 11.5 Å². The zero-order valence-electron chi connectivity index (χ0n) is 25.8. The third-order valence-electron chi connectivity index (χ3n) is 9.12. The van der Waals surface area contributed by atoms with Crippen molar-refractivity contribution in [2.75, 3.05) is 0 Å². The molecular formula is C43H27N3OSi. The molecule has 0 amide bonds. The summed E-state index contributed by atoms with van der Waals surface area (Å²) in [5, 5.41) is 24.9. The summed E-state index contributed by atoms with van der Waals surface area (Å²) in [7, 11) is -2.85. The molecule has 0 atom stereocenters. The number of benzene rings is 6. The van der Waals surface area contributed by atoms with Crippen molar-refractivity contribution < 1.29 is 4.74 Å². The Morgan fingerprint density at radius 3 is 1.54 bits per heavy atom. The molecule has 0 unspecified atom stereocenters. The number of fused-ring (bicyclic) bond motifs is 2. The predicted molar refractivity (Wildman–Crippen MR) is 194 cm³/mol. The lowest BCUT2D eigenvalue weighted by molar-refractivity contribution is 0.489. The van der Waals surface area contributed by atoms with Gasteiger partial charge in [0, 0.05) is 16.7 Å². The van der Waals surface area contributed by atoms with Crippen molar-refractivity contribution in [1.29, 1.82) is 10.5 Å². The number of nitrogens with zero attached hydrogens (tertiary/aromatic N) is 3. The van der Waals surface area contributed by atoms with Crippen LogP contribution in [0.15, 0.2) is 164 Å². The van der Waals surface area contributed by atoms with Crippen LogP contribution in [0.4, 0.5) is 0 Å². The van der Waals surface area contributed by atoms with E-state index >= 15 is 0 Å². The number of ether oxygens (including phenoxy) is 1. The zero-order chi connectivity index (χ0) is 32.5. The van der Waals surface area contributed by atoms with E-state index < -0.39 is 8.07 Å². The molecule has 4 nitrogen and oxygen atoms in total. The third kappa shape index (κ3) is 4.62. The Morgan fingerprint density at radius 1 is 0.479 bits per heavy atom. The largest absolute Gasteiger partial charge is 0.457 e. The van der Waals surface area contributed by atoms with E-state index in [0.29, 0.717) is 22.5 Å². The molecule has 0 spiro atoms. The standard InChI is InChI=1S/C43H27N3OSi/c44-28-30-14-7-9-20-35(30)38-26-32(27-39(46-38)36-21-10-8-15-31(36)29-45)37-22-13-25-42-43(37)47-40-23-11-12-24-41(40)48(42,33-16-3-1-4-17-33)34-18-5-2-6-19-34/h1-27H. The minimum atomic E-state index is -2.85. The van der Waals surface area contributed by atoms with Crippen LogP contribution in [-0.4, -0.2) is 13.1 Å². The summed E-state index contributed by atoms with van der Waals surface area (Å²) in [5.41, 5.74) is 5.61. The van der Waals surface area contributed by atoms with Gasteiger partial charge in [0.15, 0.2) is 8.07 Å². The first-order chi connectivity index (χ1) is 23.7. The molecule has 0 radical (unpaired) electrons. The van der Waals surface area contributed by atoms with Gasteiger partial charge in [-0.05, 0) is 56.6 Å². The number of hydrogen-bond acceptors (Lipinski definition) is 4. The maximum absolute atomic E-state index is 10.0. The number of hydrogen-bond donors (Lipinski definition) is 0. The van der Waals surface area contributed by atoms with E-state index in [0.717, 1.165) is 38.9 Å². The second-order valence-electron chi connectivity index (χ2n) is 11.7. The molecule has 2 heterocycles. The Balaban J connectivity index is 1.46. The number of pyridine rings is 1. The number of para-hydroxylation sites is 2. The first kappa shape index (κ1) is 28.9. The second-order valence-corrected chi connectivity index (χ2v) is 15.4. The van der Waals surface area contributed by atoms with Crippen LogP contribution < -0.4 is 25.5 Å². The van der Waals surface area contributed by atoms with E-state index in [4.69, 9.17) is 9.72 Å². The lowest BCUT2D eigenvalue weighted by Crippen LogP contribution is -2.76. The highest BCUT2D eigenvalue weighted by Crippen LogP contribution is 2.40. The Hall–Kier alpha value is -6.53. The lowest BCUT2D eigenvalue weighted by atomic mass is 9.96. The van der Waals surface area contributed by atoms with Gasteiger partial charge in [-0.2, -0.15) is 10.5 Å². The molecule has 0 bridgehead atoms. The van der Waals surface area contributed by atoms with Gasteiger partial charge < -0.3 is 4.74 Å². The van der Waals surface area contributed by atoms with E-state index in [1.54, 1.807) is 12.1 Å². The lowest BCUT2D eigenvalue weighted by Gasteiger charge is -2.40. The molecule has 1 aromatic heterocycles. The van der Waals surface area contributed by atoms with Gasteiger partial charge in [-0.3, -0.25) is 0 Å². The van der Waals surface area contributed by atoms with Crippen LogP contribution >= 0.6 is 0 Å². The number of rotatable bonds is 5. The first-order valence-electron chi connectivity index (χ1n) is 15.8. The Morgan fingerprint density at radius 2 is 0.958 bits per heavy atom. The van der Waals surface area contributed by atoms with Crippen LogP contribution in [0, 0.1) is 22.7 Å². The maximum atomic E-state index is 10.0. The first-order valence-corrected chi connectivity index (χ1v) is 17.8.